The molecule has 0 N–H and O–H groups in total. The van der Waals surface area contributed by atoms with Gasteiger partial charge >= 0.3 is 0 Å². The number of thiazole rings is 1. The van der Waals surface area contributed by atoms with Gasteiger partial charge in [-0.25, -0.2) is 4.98 Å². The third-order valence-electron chi connectivity index (χ3n) is 2.46. The number of rotatable bonds is 3. The first kappa shape index (κ1) is 10.9. The molecule has 3 nitrogen and oxygen atoms in total. The molecule has 0 saturated heterocycles. The van der Waals surface area contributed by atoms with Gasteiger partial charge in [0.05, 0.1) is 10.2 Å². The molecule has 0 atom stereocenters. The number of ether oxygens (including phenoxy) is 1. The fourth-order valence-corrected chi connectivity index (χ4v) is 2.47. The Labute approximate surface area is 108 Å². The summed E-state index contributed by atoms with van der Waals surface area (Å²) in [6.45, 7) is 0. The number of aldehydes is 1. The van der Waals surface area contributed by atoms with Crippen LogP contribution in [0, 0.1) is 0 Å². The molecule has 2 aromatic carbocycles. The van der Waals surface area contributed by atoms with Gasteiger partial charge in [0.1, 0.15) is 11.5 Å². The van der Waals surface area contributed by atoms with E-state index in [1.54, 1.807) is 0 Å². The summed E-state index contributed by atoms with van der Waals surface area (Å²) in [4.78, 5) is 14.8. The SMILES string of the molecule is O=Cc1nc2ccc(Oc3ccccc3)cc2s1. The Balaban J connectivity index is 1.95. The Hall–Kier alpha value is -2.20. The molecule has 0 unspecified atom stereocenters. The second kappa shape index (κ2) is 4.58. The van der Waals surface area contributed by atoms with Crippen LogP contribution in [0.2, 0.25) is 0 Å². The Morgan fingerprint density at radius 2 is 1.89 bits per heavy atom. The third-order valence-corrected chi connectivity index (χ3v) is 3.40. The van der Waals surface area contributed by atoms with Gasteiger partial charge in [0, 0.05) is 6.07 Å². The second-order valence-corrected chi connectivity index (χ2v) is 4.78. The minimum absolute atomic E-state index is 0.488. The van der Waals surface area contributed by atoms with Crippen LogP contribution in [-0.2, 0) is 0 Å². The number of carbonyl (C=O) groups excluding carboxylic acids is 1. The molecule has 1 heterocycles. The number of hydrogen-bond donors (Lipinski definition) is 0. The van der Waals surface area contributed by atoms with E-state index in [-0.39, 0.29) is 0 Å². The van der Waals surface area contributed by atoms with E-state index in [1.807, 2.05) is 48.5 Å². The smallest absolute Gasteiger partial charge is 0.178 e. The molecule has 4 heteroatoms. The highest BCUT2D eigenvalue weighted by molar-refractivity contribution is 7.20. The average Bonchev–Trinajstić information content (AvgIpc) is 2.82. The number of aromatic nitrogens is 1. The number of benzene rings is 2. The van der Waals surface area contributed by atoms with Crippen LogP contribution in [0.3, 0.4) is 0 Å². The van der Waals surface area contributed by atoms with Gasteiger partial charge in [-0.3, -0.25) is 4.79 Å². The van der Waals surface area contributed by atoms with Crippen LogP contribution in [-0.4, -0.2) is 11.3 Å². The van der Waals surface area contributed by atoms with Gasteiger partial charge in [-0.1, -0.05) is 18.2 Å². The van der Waals surface area contributed by atoms with Crippen LogP contribution in [0.25, 0.3) is 10.2 Å². The first-order valence-electron chi connectivity index (χ1n) is 5.44. The van der Waals surface area contributed by atoms with Crippen molar-refractivity contribution in [1.82, 2.24) is 4.98 Å². The molecule has 0 aliphatic heterocycles. The predicted octanol–water partition coefficient (Wildman–Crippen LogP) is 3.90. The summed E-state index contributed by atoms with van der Waals surface area (Å²) in [7, 11) is 0. The lowest BCUT2D eigenvalue weighted by atomic mass is 10.3. The number of para-hydroxylation sites is 1. The predicted molar refractivity (Wildman–Crippen MR) is 71.5 cm³/mol. The van der Waals surface area contributed by atoms with Crippen LogP contribution in [0.5, 0.6) is 11.5 Å². The quantitative estimate of drug-likeness (QED) is 0.666. The van der Waals surface area contributed by atoms with Gasteiger partial charge in [-0.05, 0) is 24.3 Å². The molecule has 1 aromatic heterocycles. The maximum Gasteiger partial charge on any atom is 0.178 e. The first-order chi connectivity index (χ1) is 8.85. The van der Waals surface area contributed by atoms with Crippen molar-refractivity contribution in [3.63, 3.8) is 0 Å². The molecule has 0 aliphatic carbocycles. The summed E-state index contributed by atoms with van der Waals surface area (Å²) in [6.07, 6.45) is 0.766. The largest absolute Gasteiger partial charge is 0.457 e. The molecule has 0 bridgehead atoms. The molecule has 0 amide bonds. The van der Waals surface area contributed by atoms with Gasteiger partial charge in [0.15, 0.2) is 11.3 Å². The fourth-order valence-electron chi connectivity index (χ4n) is 1.66. The van der Waals surface area contributed by atoms with Crippen LogP contribution in [0.1, 0.15) is 9.80 Å². The van der Waals surface area contributed by atoms with Crippen molar-refractivity contribution in [2.75, 3.05) is 0 Å². The summed E-state index contributed by atoms with van der Waals surface area (Å²) in [5, 5.41) is 0.488. The number of carbonyl (C=O) groups is 1. The topological polar surface area (TPSA) is 39.2 Å². The molecule has 88 valence electrons. The summed E-state index contributed by atoms with van der Waals surface area (Å²) < 4.78 is 6.67. The lowest BCUT2D eigenvalue weighted by Gasteiger charge is -2.04. The Morgan fingerprint density at radius 3 is 2.67 bits per heavy atom. The van der Waals surface area contributed by atoms with E-state index in [9.17, 15) is 4.79 Å². The molecular weight excluding hydrogens is 246 g/mol. The summed E-state index contributed by atoms with van der Waals surface area (Å²) in [6, 6.07) is 15.2. The first-order valence-corrected chi connectivity index (χ1v) is 6.25. The monoisotopic (exact) mass is 255 g/mol. The highest BCUT2D eigenvalue weighted by Gasteiger charge is 2.04. The average molecular weight is 255 g/mol. The van der Waals surface area contributed by atoms with E-state index >= 15 is 0 Å². The lowest BCUT2D eigenvalue weighted by Crippen LogP contribution is -1.82. The minimum atomic E-state index is 0.488. The van der Waals surface area contributed by atoms with Gasteiger partial charge < -0.3 is 4.74 Å². The van der Waals surface area contributed by atoms with Crippen LogP contribution < -0.4 is 4.74 Å². The van der Waals surface area contributed by atoms with Crippen molar-refractivity contribution in [2.24, 2.45) is 0 Å². The standard InChI is InChI=1S/C14H9NO2S/c16-9-14-15-12-7-6-11(8-13(12)18-14)17-10-4-2-1-3-5-10/h1-9H. The molecule has 3 aromatic rings. The van der Waals surface area contributed by atoms with E-state index in [0.717, 1.165) is 28.0 Å². The molecule has 0 aliphatic rings. The Bertz CT molecular complexity index is 691. The molecule has 3 rings (SSSR count). The second-order valence-electron chi connectivity index (χ2n) is 3.71. The molecule has 18 heavy (non-hydrogen) atoms. The van der Waals surface area contributed by atoms with E-state index < -0.39 is 0 Å². The lowest BCUT2D eigenvalue weighted by molar-refractivity contribution is 0.112. The van der Waals surface area contributed by atoms with E-state index in [2.05, 4.69) is 4.98 Å². The van der Waals surface area contributed by atoms with E-state index in [1.165, 1.54) is 11.3 Å². The Kier molecular flexibility index (Phi) is 2.78. The molecule has 0 spiro atoms. The molecule has 0 saturated carbocycles. The highest BCUT2D eigenvalue weighted by Crippen LogP contribution is 2.28. The fraction of sp³-hybridized carbons (Fsp3) is 0. The minimum Gasteiger partial charge on any atom is -0.457 e. The summed E-state index contributed by atoms with van der Waals surface area (Å²) in [5.41, 5.74) is 0.822. The van der Waals surface area contributed by atoms with Crippen molar-refractivity contribution in [2.45, 2.75) is 0 Å². The number of hydrogen-bond acceptors (Lipinski definition) is 4. The molecular formula is C14H9NO2S. The van der Waals surface area contributed by atoms with Crippen LogP contribution >= 0.6 is 11.3 Å². The maximum atomic E-state index is 10.7. The van der Waals surface area contributed by atoms with Crippen molar-refractivity contribution in [1.29, 1.82) is 0 Å². The number of nitrogens with zero attached hydrogens (tertiary/aromatic N) is 1. The zero-order valence-corrected chi connectivity index (χ0v) is 10.2. The van der Waals surface area contributed by atoms with Crippen molar-refractivity contribution >= 4 is 27.8 Å². The normalized spacial score (nSPS) is 10.4. The van der Waals surface area contributed by atoms with E-state index in [0.29, 0.717) is 5.01 Å². The summed E-state index contributed by atoms with van der Waals surface area (Å²) >= 11 is 1.36. The molecule has 0 radical (unpaired) electrons. The number of fused-ring (bicyclic) bond motifs is 1. The van der Waals surface area contributed by atoms with Gasteiger partial charge in [0.25, 0.3) is 0 Å². The van der Waals surface area contributed by atoms with E-state index in [4.69, 9.17) is 4.74 Å². The highest BCUT2D eigenvalue weighted by atomic mass is 32.1. The zero-order valence-electron chi connectivity index (χ0n) is 9.37. The van der Waals surface area contributed by atoms with Crippen LogP contribution in [0.4, 0.5) is 0 Å². The molecule has 0 fully saturated rings. The Morgan fingerprint density at radius 1 is 1.06 bits per heavy atom. The third kappa shape index (κ3) is 2.10. The van der Waals surface area contributed by atoms with Crippen molar-refractivity contribution in [3.05, 3.63) is 53.5 Å². The van der Waals surface area contributed by atoms with Gasteiger partial charge in [-0.15, -0.1) is 11.3 Å². The van der Waals surface area contributed by atoms with Crippen LogP contribution in [0.15, 0.2) is 48.5 Å². The van der Waals surface area contributed by atoms with Gasteiger partial charge in [-0.2, -0.15) is 0 Å². The van der Waals surface area contributed by atoms with Crippen molar-refractivity contribution in [3.8, 4) is 11.5 Å². The summed E-state index contributed by atoms with van der Waals surface area (Å²) in [5.74, 6) is 1.53. The maximum absolute atomic E-state index is 10.7. The van der Waals surface area contributed by atoms with Gasteiger partial charge in [0.2, 0.25) is 0 Å². The zero-order chi connectivity index (χ0) is 12.4. The van der Waals surface area contributed by atoms with Crippen molar-refractivity contribution < 1.29 is 9.53 Å².